The van der Waals surface area contributed by atoms with E-state index in [1.165, 1.54) is 25.7 Å². The maximum atomic E-state index is 12.2. The first-order chi connectivity index (χ1) is 24.1. The number of aliphatic carboxylic acids is 1. The normalized spacial score (nSPS) is 20.9. The summed E-state index contributed by atoms with van der Waals surface area (Å²) in [5, 5.41) is 53.6. The number of aromatic amines is 1. The first-order valence-electron chi connectivity index (χ1n) is 19.0. The average Bonchev–Trinajstić information content (AvgIpc) is 3.67. The van der Waals surface area contributed by atoms with Crippen molar-refractivity contribution in [3.05, 3.63) is 66.0 Å². The Morgan fingerprint density at radius 1 is 0.940 bits per heavy atom. The van der Waals surface area contributed by atoms with Gasteiger partial charge < -0.3 is 36.3 Å². The van der Waals surface area contributed by atoms with E-state index in [1.807, 2.05) is 30.3 Å². The van der Waals surface area contributed by atoms with Gasteiger partial charge in [0.25, 0.3) is 0 Å². The summed E-state index contributed by atoms with van der Waals surface area (Å²) in [6.45, 7) is 2.20. The zero-order valence-corrected chi connectivity index (χ0v) is 30.0. The van der Waals surface area contributed by atoms with E-state index >= 15 is 0 Å². The highest BCUT2D eigenvalue weighted by molar-refractivity contribution is 5.70. The number of phenols is 1. The van der Waals surface area contributed by atoms with Gasteiger partial charge in [0.15, 0.2) is 0 Å². The van der Waals surface area contributed by atoms with Crippen molar-refractivity contribution in [3.63, 3.8) is 0 Å². The molecule has 2 heterocycles. The Hall–Kier alpha value is -3.40. The number of benzene rings is 1. The molecular formula is C41H61N3O6. The number of hydrogen-bond donors (Lipinski definition) is 7. The van der Waals surface area contributed by atoms with Gasteiger partial charge in [-0.3, -0.25) is 4.79 Å². The zero-order chi connectivity index (χ0) is 35.9. The highest BCUT2D eigenvalue weighted by Gasteiger charge is 2.46. The smallest absolute Gasteiger partial charge is 0.309 e. The van der Waals surface area contributed by atoms with Gasteiger partial charge in [-0.25, -0.2) is 4.98 Å². The number of hydrogen-bond acceptors (Lipinski definition) is 7. The quantitative estimate of drug-likeness (QED) is 0.0493. The molecule has 0 unspecified atom stereocenters. The molecule has 1 aromatic carbocycles. The molecule has 0 saturated heterocycles. The molecule has 8 N–H and O–H groups in total. The first-order valence-corrected chi connectivity index (χ1v) is 19.0. The number of carboxylic acids is 1. The van der Waals surface area contributed by atoms with Crippen molar-refractivity contribution in [2.45, 2.75) is 140 Å². The fourth-order valence-electron chi connectivity index (χ4n) is 8.03. The van der Waals surface area contributed by atoms with Crippen LogP contribution in [0.25, 0.3) is 11.3 Å². The Morgan fingerprint density at radius 3 is 2.34 bits per heavy atom. The number of pyridine rings is 1. The van der Waals surface area contributed by atoms with Crippen LogP contribution in [0.15, 0.2) is 54.7 Å². The number of rotatable bonds is 23. The second-order valence-electron chi connectivity index (χ2n) is 15.0. The largest absolute Gasteiger partial charge is 0.508 e. The molecule has 9 nitrogen and oxygen atoms in total. The van der Waals surface area contributed by atoms with E-state index in [0.29, 0.717) is 37.9 Å². The van der Waals surface area contributed by atoms with Crippen LogP contribution in [-0.4, -0.2) is 59.3 Å². The lowest BCUT2D eigenvalue weighted by atomic mass is 9.81. The maximum absolute atomic E-state index is 12.2. The lowest BCUT2D eigenvalue weighted by Gasteiger charge is -2.32. The van der Waals surface area contributed by atoms with Crippen LogP contribution in [0.5, 0.6) is 5.75 Å². The number of H-pyrrole nitrogens is 1. The summed E-state index contributed by atoms with van der Waals surface area (Å²) >= 11 is 0. The Labute approximate surface area is 298 Å². The fourth-order valence-corrected chi connectivity index (χ4v) is 8.03. The van der Waals surface area contributed by atoms with E-state index in [1.54, 1.807) is 24.4 Å². The predicted molar refractivity (Wildman–Crippen MR) is 199 cm³/mol. The van der Waals surface area contributed by atoms with Gasteiger partial charge in [0.05, 0.1) is 23.7 Å². The van der Waals surface area contributed by atoms with Crippen LogP contribution in [0.2, 0.25) is 0 Å². The number of aromatic nitrogens is 2. The molecule has 3 aromatic rings. The van der Waals surface area contributed by atoms with Crippen molar-refractivity contribution in [1.82, 2.24) is 9.97 Å². The van der Waals surface area contributed by atoms with E-state index in [0.717, 1.165) is 73.9 Å². The highest BCUT2D eigenvalue weighted by atomic mass is 16.4. The highest BCUT2D eigenvalue weighted by Crippen LogP contribution is 2.46. The zero-order valence-electron chi connectivity index (χ0n) is 30.0. The van der Waals surface area contributed by atoms with Gasteiger partial charge in [-0.1, -0.05) is 76.8 Å². The molecule has 4 rings (SSSR count). The second kappa shape index (κ2) is 19.8. The minimum Gasteiger partial charge on any atom is -0.508 e. The number of nitrogens with two attached hydrogens (primary N) is 1. The lowest BCUT2D eigenvalue weighted by molar-refractivity contribution is -0.146. The Morgan fingerprint density at radius 2 is 1.66 bits per heavy atom. The summed E-state index contributed by atoms with van der Waals surface area (Å²) in [6.07, 6.45) is 15.0. The van der Waals surface area contributed by atoms with Crippen molar-refractivity contribution in [2.24, 2.45) is 17.8 Å². The number of phenolic OH excluding ortho intramolecular Hbond substituents is 1. The molecule has 1 saturated carbocycles. The summed E-state index contributed by atoms with van der Waals surface area (Å²) < 4.78 is 0. The minimum absolute atomic E-state index is 0.0930. The third-order valence-corrected chi connectivity index (χ3v) is 10.9. The summed E-state index contributed by atoms with van der Waals surface area (Å²) in [4.78, 5) is 19.8. The number of carboxylic acid groups (broad SMARTS) is 1. The molecule has 0 amide bonds. The molecule has 0 aliphatic heterocycles. The van der Waals surface area contributed by atoms with E-state index in [-0.39, 0.29) is 30.1 Å². The molecule has 1 aliphatic carbocycles. The standard InChI is InChI=1S/C41H61N3O6/c1-2-3-4-5-8-13-34(45)14-9-6-7-10-16-36(40(48)49)38(47)19-21-41(50)28-30(23-29-20-22-43-39(42)25-29)24-32(41)27-33-17-18-37(44-33)31-12-11-15-35(46)26-31/h11-12,15,17-18,20,22,25-26,30,32,34,36,38,44-47,50H,2-10,13-14,16,19,21,23-24,27-28H2,1H3,(H2,42,43)(H,48,49)/t30-,32-,34-,36-,38+,41+/m0/s1. The molecule has 0 spiro atoms. The van der Waals surface area contributed by atoms with Crippen molar-refractivity contribution >= 4 is 11.8 Å². The number of nitrogens with zero attached hydrogens (tertiary/aromatic N) is 1. The van der Waals surface area contributed by atoms with Gasteiger partial charge in [0.1, 0.15) is 11.6 Å². The molecule has 276 valence electrons. The van der Waals surface area contributed by atoms with Gasteiger partial charge in [-0.2, -0.15) is 0 Å². The molecule has 2 aromatic heterocycles. The molecular weight excluding hydrogens is 630 g/mol. The molecule has 6 atom stereocenters. The number of carbonyl (C=O) groups is 1. The minimum atomic E-state index is -1.07. The Balaban J connectivity index is 1.31. The number of anilines is 1. The summed E-state index contributed by atoms with van der Waals surface area (Å²) in [5.41, 5.74) is 8.68. The van der Waals surface area contributed by atoms with Gasteiger partial charge in [-0.15, -0.1) is 0 Å². The van der Waals surface area contributed by atoms with Crippen LogP contribution in [0.4, 0.5) is 5.82 Å². The number of unbranched alkanes of at least 4 members (excludes halogenated alkanes) is 7. The molecule has 1 fully saturated rings. The van der Waals surface area contributed by atoms with Crippen molar-refractivity contribution in [2.75, 3.05) is 5.73 Å². The monoisotopic (exact) mass is 691 g/mol. The maximum Gasteiger partial charge on any atom is 0.309 e. The van der Waals surface area contributed by atoms with E-state index in [2.05, 4.69) is 16.9 Å². The van der Waals surface area contributed by atoms with Crippen LogP contribution < -0.4 is 5.73 Å². The SMILES string of the molecule is CCCCCCC[C@H](O)CCCCCC[C@H](C(=O)O)[C@H](O)CC[C@@]1(O)C[C@@H](Cc2ccnc(N)c2)C[C@H]1Cc1ccc(-c2cccc(O)c2)[nH]1. The van der Waals surface area contributed by atoms with Crippen LogP contribution in [-0.2, 0) is 17.6 Å². The Kier molecular flexibility index (Phi) is 15.6. The van der Waals surface area contributed by atoms with E-state index in [9.17, 15) is 30.3 Å². The number of aromatic hydroxyl groups is 1. The average molecular weight is 692 g/mol. The lowest BCUT2D eigenvalue weighted by Crippen LogP contribution is -2.37. The van der Waals surface area contributed by atoms with E-state index < -0.39 is 23.6 Å². The van der Waals surface area contributed by atoms with Crippen LogP contribution in [0, 0.1) is 17.8 Å². The van der Waals surface area contributed by atoms with Crippen molar-refractivity contribution < 1.29 is 30.3 Å². The third-order valence-electron chi connectivity index (χ3n) is 10.9. The van der Waals surface area contributed by atoms with Crippen LogP contribution in [0.1, 0.15) is 121 Å². The number of nitrogen functional groups attached to an aromatic ring is 1. The van der Waals surface area contributed by atoms with Gasteiger partial charge >= 0.3 is 5.97 Å². The van der Waals surface area contributed by atoms with Gasteiger partial charge in [0.2, 0.25) is 0 Å². The molecule has 50 heavy (non-hydrogen) atoms. The number of aliphatic hydroxyl groups is 3. The molecule has 1 aliphatic rings. The topological polar surface area (TPSA) is 173 Å². The summed E-state index contributed by atoms with van der Waals surface area (Å²) in [6, 6.07) is 14.9. The second-order valence-corrected chi connectivity index (χ2v) is 15.0. The van der Waals surface area contributed by atoms with E-state index in [4.69, 9.17) is 5.73 Å². The number of nitrogens with one attached hydrogen (secondary N) is 1. The fraction of sp³-hybridized carbons (Fsp3) is 0.610. The predicted octanol–water partition coefficient (Wildman–Crippen LogP) is 7.81. The van der Waals surface area contributed by atoms with Gasteiger partial charge in [0, 0.05) is 23.1 Å². The van der Waals surface area contributed by atoms with Crippen molar-refractivity contribution in [3.8, 4) is 17.0 Å². The Bertz CT molecular complexity index is 1440. The van der Waals surface area contributed by atoms with Crippen LogP contribution >= 0.6 is 0 Å². The molecule has 0 bridgehead atoms. The third kappa shape index (κ3) is 12.4. The first kappa shape index (κ1) is 39.4. The number of aliphatic hydroxyl groups excluding tert-OH is 2. The summed E-state index contributed by atoms with van der Waals surface area (Å²) in [7, 11) is 0. The van der Waals surface area contributed by atoms with Gasteiger partial charge in [-0.05, 0) is 112 Å². The van der Waals surface area contributed by atoms with Crippen LogP contribution in [0.3, 0.4) is 0 Å². The molecule has 9 heteroatoms. The van der Waals surface area contributed by atoms with Crippen molar-refractivity contribution in [1.29, 1.82) is 0 Å². The molecule has 0 radical (unpaired) electrons. The summed E-state index contributed by atoms with van der Waals surface area (Å²) in [5.74, 6) is -1.11.